The molecule has 9 nitrogen and oxygen atoms in total. The van der Waals surface area contributed by atoms with Crippen molar-refractivity contribution in [3.63, 3.8) is 0 Å². The number of hydrogen-bond acceptors (Lipinski definition) is 5. The average Bonchev–Trinajstić information content (AvgIpc) is 3.17. The monoisotopic (exact) mass is 394 g/mol. The van der Waals surface area contributed by atoms with Crippen LogP contribution in [-0.4, -0.2) is 49.4 Å². The molecule has 2 N–H and O–H groups in total. The van der Waals surface area contributed by atoms with E-state index in [-0.39, 0.29) is 29.0 Å². The summed E-state index contributed by atoms with van der Waals surface area (Å²) in [5.41, 5.74) is 1.77. The fourth-order valence-corrected chi connectivity index (χ4v) is 3.56. The summed E-state index contributed by atoms with van der Waals surface area (Å²) in [7, 11) is 0. The number of nitrogens with zero attached hydrogens (tertiary/aromatic N) is 4. The molecule has 1 aliphatic rings. The van der Waals surface area contributed by atoms with Gasteiger partial charge in [-0.15, -0.1) is 0 Å². The number of H-pyrrole nitrogens is 1. The van der Waals surface area contributed by atoms with E-state index in [0.717, 1.165) is 5.69 Å². The van der Waals surface area contributed by atoms with E-state index in [0.29, 0.717) is 43.7 Å². The number of nitrogens with one attached hydrogen (secondary N) is 2. The number of piperidine rings is 1. The molecule has 0 spiro atoms. The van der Waals surface area contributed by atoms with Gasteiger partial charge in [-0.25, -0.2) is 4.52 Å². The van der Waals surface area contributed by atoms with Gasteiger partial charge in [0.05, 0.1) is 12.2 Å². The lowest BCUT2D eigenvalue weighted by Gasteiger charge is -2.30. The summed E-state index contributed by atoms with van der Waals surface area (Å²) in [6.45, 7) is 3.11. The van der Waals surface area contributed by atoms with E-state index in [4.69, 9.17) is 0 Å². The summed E-state index contributed by atoms with van der Waals surface area (Å²) in [6.07, 6.45) is 4.55. The fourth-order valence-electron chi connectivity index (χ4n) is 3.56. The first kappa shape index (κ1) is 18.9. The Bertz CT molecular complexity index is 1100. The molecular formula is C20H22N6O3. The SMILES string of the molecule is Cc1cn2nc(C(=O)N3CCC(C(=O)NCc4ccccn4)CC3)cc2c(=O)[nH]1. The minimum absolute atomic E-state index is 0.0162. The smallest absolute Gasteiger partial charge is 0.274 e. The van der Waals surface area contributed by atoms with Gasteiger partial charge < -0.3 is 15.2 Å². The van der Waals surface area contributed by atoms with Crippen LogP contribution in [0.2, 0.25) is 0 Å². The first-order valence-corrected chi connectivity index (χ1v) is 9.57. The summed E-state index contributed by atoms with van der Waals surface area (Å²) in [5.74, 6) is -0.370. The van der Waals surface area contributed by atoms with Crippen molar-refractivity contribution >= 4 is 17.3 Å². The summed E-state index contributed by atoms with van der Waals surface area (Å²) >= 11 is 0. The van der Waals surface area contributed by atoms with Crippen molar-refractivity contribution < 1.29 is 9.59 Å². The van der Waals surface area contributed by atoms with Crippen LogP contribution in [0.25, 0.3) is 5.52 Å². The number of rotatable bonds is 4. The molecular weight excluding hydrogens is 372 g/mol. The van der Waals surface area contributed by atoms with Crippen LogP contribution < -0.4 is 10.9 Å². The van der Waals surface area contributed by atoms with Crippen LogP contribution in [0, 0.1) is 12.8 Å². The molecule has 1 saturated heterocycles. The molecule has 0 saturated carbocycles. The largest absolute Gasteiger partial charge is 0.350 e. The van der Waals surface area contributed by atoms with Crippen molar-refractivity contribution in [2.24, 2.45) is 5.92 Å². The van der Waals surface area contributed by atoms with E-state index in [1.165, 1.54) is 10.6 Å². The van der Waals surface area contributed by atoms with Gasteiger partial charge in [-0.05, 0) is 31.9 Å². The molecule has 3 aromatic rings. The van der Waals surface area contributed by atoms with E-state index in [1.54, 1.807) is 24.2 Å². The van der Waals surface area contributed by atoms with Crippen molar-refractivity contribution in [1.82, 2.24) is 29.8 Å². The highest BCUT2D eigenvalue weighted by atomic mass is 16.2. The van der Waals surface area contributed by atoms with Gasteiger partial charge in [0, 0.05) is 43.2 Å². The number of hydrogen-bond donors (Lipinski definition) is 2. The minimum atomic E-state index is -0.278. The molecule has 9 heteroatoms. The Morgan fingerprint density at radius 3 is 2.79 bits per heavy atom. The van der Waals surface area contributed by atoms with Crippen molar-refractivity contribution in [2.75, 3.05) is 13.1 Å². The Balaban J connectivity index is 1.35. The molecule has 0 unspecified atom stereocenters. The number of fused-ring (bicyclic) bond motifs is 1. The topological polar surface area (TPSA) is 112 Å². The van der Waals surface area contributed by atoms with Gasteiger partial charge in [-0.3, -0.25) is 19.4 Å². The number of carbonyl (C=O) groups is 2. The predicted molar refractivity (Wildman–Crippen MR) is 105 cm³/mol. The quantitative estimate of drug-likeness (QED) is 0.683. The highest BCUT2D eigenvalue weighted by Gasteiger charge is 2.29. The zero-order chi connectivity index (χ0) is 20.4. The van der Waals surface area contributed by atoms with Crippen LogP contribution in [0.5, 0.6) is 0 Å². The number of likely N-dealkylation sites (tertiary alicyclic amines) is 1. The van der Waals surface area contributed by atoms with Gasteiger partial charge in [-0.2, -0.15) is 5.10 Å². The van der Waals surface area contributed by atoms with Crippen molar-refractivity contribution in [1.29, 1.82) is 0 Å². The van der Waals surface area contributed by atoms with Crippen LogP contribution in [0.15, 0.2) is 41.5 Å². The van der Waals surface area contributed by atoms with E-state index < -0.39 is 0 Å². The predicted octanol–water partition coefficient (Wildman–Crippen LogP) is 0.895. The Hall–Kier alpha value is -3.49. The minimum Gasteiger partial charge on any atom is -0.350 e. The molecule has 150 valence electrons. The third kappa shape index (κ3) is 4.03. The molecule has 0 bridgehead atoms. The van der Waals surface area contributed by atoms with Gasteiger partial charge in [0.25, 0.3) is 11.5 Å². The maximum absolute atomic E-state index is 12.8. The number of aryl methyl sites for hydroxylation is 1. The van der Waals surface area contributed by atoms with Gasteiger partial charge >= 0.3 is 0 Å². The molecule has 4 rings (SSSR count). The Morgan fingerprint density at radius 2 is 2.07 bits per heavy atom. The lowest BCUT2D eigenvalue weighted by atomic mass is 9.95. The summed E-state index contributed by atoms with van der Waals surface area (Å²) in [6, 6.07) is 7.08. The van der Waals surface area contributed by atoms with Gasteiger partial charge in [0.15, 0.2) is 5.69 Å². The fraction of sp³-hybridized carbons (Fsp3) is 0.350. The van der Waals surface area contributed by atoms with Crippen LogP contribution >= 0.6 is 0 Å². The lowest BCUT2D eigenvalue weighted by Crippen LogP contribution is -2.43. The van der Waals surface area contributed by atoms with E-state index in [9.17, 15) is 14.4 Å². The Kier molecular flexibility index (Phi) is 5.11. The summed E-state index contributed by atoms with van der Waals surface area (Å²) in [5, 5.41) is 7.16. The average molecular weight is 394 g/mol. The third-order valence-electron chi connectivity index (χ3n) is 5.14. The molecule has 0 aliphatic carbocycles. The maximum Gasteiger partial charge on any atom is 0.274 e. The molecule has 1 fully saturated rings. The van der Waals surface area contributed by atoms with E-state index >= 15 is 0 Å². The van der Waals surface area contributed by atoms with Crippen LogP contribution in [-0.2, 0) is 11.3 Å². The molecule has 29 heavy (non-hydrogen) atoms. The van der Waals surface area contributed by atoms with E-state index in [1.807, 2.05) is 18.2 Å². The number of aromatic nitrogens is 4. The maximum atomic E-state index is 12.8. The highest BCUT2D eigenvalue weighted by Crippen LogP contribution is 2.19. The van der Waals surface area contributed by atoms with Crippen molar-refractivity contribution in [3.8, 4) is 0 Å². The van der Waals surface area contributed by atoms with Gasteiger partial charge in [0.2, 0.25) is 5.91 Å². The Morgan fingerprint density at radius 1 is 1.28 bits per heavy atom. The van der Waals surface area contributed by atoms with Gasteiger partial charge in [0.1, 0.15) is 5.52 Å². The molecule has 4 heterocycles. The Labute approximate surface area is 166 Å². The summed E-state index contributed by atoms with van der Waals surface area (Å²) in [4.78, 5) is 45.8. The first-order valence-electron chi connectivity index (χ1n) is 9.57. The summed E-state index contributed by atoms with van der Waals surface area (Å²) < 4.78 is 1.43. The number of amides is 2. The van der Waals surface area contributed by atoms with Crippen LogP contribution in [0.4, 0.5) is 0 Å². The van der Waals surface area contributed by atoms with Crippen molar-refractivity contribution in [2.45, 2.75) is 26.3 Å². The third-order valence-corrected chi connectivity index (χ3v) is 5.14. The zero-order valence-electron chi connectivity index (χ0n) is 16.1. The standard InChI is InChI=1S/C20H22N6O3/c1-13-12-26-17(19(28)23-13)10-16(24-26)20(29)25-8-5-14(6-9-25)18(27)22-11-15-4-2-3-7-21-15/h2-4,7,10,12,14H,5-6,8-9,11H2,1H3,(H,22,27)(H,23,28). The second-order valence-electron chi connectivity index (χ2n) is 7.23. The lowest BCUT2D eigenvalue weighted by molar-refractivity contribution is -0.126. The molecule has 0 aromatic carbocycles. The normalized spacial score (nSPS) is 14.9. The molecule has 0 atom stereocenters. The van der Waals surface area contributed by atoms with Gasteiger partial charge in [-0.1, -0.05) is 6.07 Å². The zero-order valence-corrected chi connectivity index (χ0v) is 16.1. The van der Waals surface area contributed by atoms with Crippen molar-refractivity contribution in [3.05, 3.63) is 64.1 Å². The van der Waals surface area contributed by atoms with E-state index in [2.05, 4.69) is 20.4 Å². The second-order valence-corrected chi connectivity index (χ2v) is 7.23. The molecule has 3 aromatic heterocycles. The molecule has 1 aliphatic heterocycles. The number of aromatic amines is 1. The number of pyridine rings is 1. The first-order chi connectivity index (χ1) is 14.0. The second kappa shape index (κ2) is 7.86. The van der Waals surface area contributed by atoms with Crippen LogP contribution in [0.1, 0.15) is 34.7 Å². The van der Waals surface area contributed by atoms with Crippen LogP contribution in [0.3, 0.4) is 0 Å². The number of carbonyl (C=O) groups excluding carboxylic acids is 2. The molecule has 2 amide bonds. The molecule has 0 radical (unpaired) electrons. The highest BCUT2D eigenvalue weighted by molar-refractivity contribution is 5.93.